The molecule has 120 valence electrons. The second-order valence-corrected chi connectivity index (χ2v) is 6.65. The molecule has 3 rings (SSSR count). The highest BCUT2D eigenvalue weighted by Crippen LogP contribution is 2.22. The summed E-state index contributed by atoms with van der Waals surface area (Å²) in [6, 6.07) is 8.03. The number of hydrogen-bond acceptors (Lipinski definition) is 7. The molecule has 0 aliphatic rings. The Hall–Kier alpha value is -2.22. The highest BCUT2D eigenvalue weighted by atomic mass is 32.2. The van der Waals surface area contributed by atoms with Gasteiger partial charge in [0.15, 0.2) is 5.82 Å². The van der Waals surface area contributed by atoms with Crippen LogP contribution in [0, 0.1) is 12.8 Å². The zero-order chi connectivity index (χ0) is 16.2. The fraction of sp³-hybridized carbons (Fsp3) is 0.400. The molecule has 0 N–H and O–H groups in total. The quantitative estimate of drug-likeness (QED) is 0.643. The van der Waals surface area contributed by atoms with E-state index in [0.29, 0.717) is 28.5 Å². The molecular weight excluding hydrogens is 312 g/mol. The fourth-order valence-corrected chi connectivity index (χ4v) is 2.83. The van der Waals surface area contributed by atoms with E-state index in [0.717, 1.165) is 17.7 Å². The molecule has 0 amide bonds. The van der Waals surface area contributed by atoms with Crippen molar-refractivity contribution in [2.24, 2.45) is 5.92 Å². The van der Waals surface area contributed by atoms with Crippen LogP contribution in [0.1, 0.15) is 31.1 Å². The summed E-state index contributed by atoms with van der Waals surface area (Å²) in [6.07, 6.45) is 0.790. The molecule has 23 heavy (non-hydrogen) atoms. The standard InChI is InChI=1S/C15H18N6OS/c1-10(2)7-14-16-13(18-22-14)9-23-15-17-19-20-21(15)12-6-4-5-11(3)8-12/h4-6,8,10H,7,9H2,1-3H3. The molecule has 0 saturated carbocycles. The summed E-state index contributed by atoms with van der Waals surface area (Å²) in [6.45, 7) is 6.28. The lowest BCUT2D eigenvalue weighted by Gasteiger charge is -2.03. The molecule has 0 bridgehead atoms. The molecule has 3 aromatic rings. The van der Waals surface area contributed by atoms with Gasteiger partial charge < -0.3 is 4.52 Å². The van der Waals surface area contributed by atoms with Gasteiger partial charge in [-0.1, -0.05) is 42.9 Å². The summed E-state index contributed by atoms with van der Waals surface area (Å²) in [5.74, 6) is 2.39. The van der Waals surface area contributed by atoms with E-state index in [1.165, 1.54) is 11.8 Å². The maximum Gasteiger partial charge on any atom is 0.226 e. The first-order valence-electron chi connectivity index (χ1n) is 7.41. The van der Waals surface area contributed by atoms with Gasteiger partial charge >= 0.3 is 0 Å². The van der Waals surface area contributed by atoms with Crippen LogP contribution in [0.4, 0.5) is 0 Å². The van der Waals surface area contributed by atoms with Gasteiger partial charge in [-0.25, -0.2) is 0 Å². The molecule has 2 aromatic heterocycles. The zero-order valence-corrected chi connectivity index (χ0v) is 14.1. The first-order chi connectivity index (χ1) is 11.1. The van der Waals surface area contributed by atoms with Crippen molar-refractivity contribution in [3.63, 3.8) is 0 Å². The average Bonchev–Trinajstić information content (AvgIpc) is 3.13. The van der Waals surface area contributed by atoms with Crippen molar-refractivity contribution in [2.75, 3.05) is 0 Å². The van der Waals surface area contributed by atoms with Crippen LogP contribution in [-0.2, 0) is 12.2 Å². The van der Waals surface area contributed by atoms with E-state index in [1.807, 2.05) is 31.2 Å². The Balaban J connectivity index is 1.70. The Morgan fingerprint density at radius 3 is 2.96 bits per heavy atom. The van der Waals surface area contributed by atoms with E-state index >= 15 is 0 Å². The molecule has 0 atom stereocenters. The minimum Gasteiger partial charge on any atom is -0.339 e. The van der Waals surface area contributed by atoms with Gasteiger partial charge in [0.1, 0.15) is 0 Å². The van der Waals surface area contributed by atoms with Crippen molar-refractivity contribution in [3.05, 3.63) is 41.5 Å². The molecule has 2 heterocycles. The van der Waals surface area contributed by atoms with Crippen molar-refractivity contribution in [1.29, 1.82) is 0 Å². The van der Waals surface area contributed by atoms with Gasteiger partial charge in [-0.05, 0) is 41.0 Å². The summed E-state index contributed by atoms with van der Waals surface area (Å²) < 4.78 is 6.96. The summed E-state index contributed by atoms with van der Waals surface area (Å²) in [4.78, 5) is 4.39. The number of nitrogens with zero attached hydrogens (tertiary/aromatic N) is 6. The maximum absolute atomic E-state index is 5.24. The van der Waals surface area contributed by atoms with E-state index in [4.69, 9.17) is 4.52 Å². The third kappa shape index (κ3) is 3.95. The molecule has 0 unspecified atom stereocenters. The van der Waals surface area contributed by atoms with Crippen LogP contribution in [0.3, 0.4) is 0 Å². The normalized spacial score (nSPS) is 11.3. The van der Waals surface area contributed by atoms with Crippen LogP contribution in [0.5, 0.6) is 0 Å². The van der Waals surface area contributed by atoms with Crippen LogP contribution in [0.25, 0.3) is 5.69 Å². The predicted octanol–water partition coefficient (Wildman–Crippen LogP) is 2.84. The molecule has 1 aromatic carbocycles. The highest BCUT2D eigenvalue weighted by Gasteiger charge is 2.13. The molecule has 0 saturated heterocycles. The Morgan fingerprint density at radius 2 is 2.17 bits per heavy atom. The van der Waals surface area contributed by atoms with Gasteiger partial charge in [-0.2, -0.15) is 9.67 Å². The number of aromatic nitrogens is 6. The fourth-order valence-electron chi connectivity index (χ4n) is 2.10. The Kier molecular flexibility index (Phi) is 4.71. The Labute approximate surface area is 138 Å². The van der Waals surface area contributed by atoms with Gasteiger partial charge in [0.2, 0.25) is 11.0 Å². The summed E-state index contributed by atoms with van der Waals surface area (Å²) in [5, 5.41) is 16.6. The van der Waals surface area contributed by atoms with Crippen molar-refractivity contribution in [3.8, 4) is 5.69 Å². The smallest absolute Gasteiger partial charge is 0.226 e. The number of tetrazole rings is 1. The van der Waals surface area contributed by atoms with E-state index < -0.39 is 0 Å². The predicted molar refractivity (Wildman–Crippen MR) is 86.3 cm³/mol. The largest absolute Gasteiger partial charge is 0.339 e. The lowest BCUT2D eigenvalue weighted by atomic mass is 10.1. The van der Waals surface area contributed by atoms with Gasteiger partial charge in [-0.3, -0.25) is 0 Å². The molecule has 0 radical (unpaired) electrons. The van der Waals surface area contributed by atoms with E-state index in [2.05, 4.69) is 39.5 Å². The average molecular weight is 330 g/mol. The molecule has 7 nitrogen and oxygen atoms in total. The van der Waals surface area contributed by atoms with Crippen LogP contribution in [-0.4, -0.2) is 30.3 Å². The van der Waals surface area contributed by atoms with Gasteiger partial charge in [0.25, 0.3) is 0 Å². The molecule has 0 aliphatic heterocycles. The SMILES string of the molecule is Cc1cccc(-n2nnnc2SCc2noc(CC(C)C)n2)c1. The summed E-state index contributed by atoms with van der Waals surface area (Å²) in [5.41, 5.74) is 2.09. The summed E-state index contributed by atoms with van der Waals surface area (Å²) >= 11 is 1.48. The lowest BCUT2D eigenvalue weighted by molar-refractivity contribution is 0.360. The third-order valence-electron chi connectivity index (χ3n) is 3.11. The number of thioether (sulfide) groups is 1. The van der Waals surface area contributed by atoms with Crippen molar-refractivity contribution in [2.45, 2.75) is 38.1 Å². The van der Waals surface area contributed by atoms with Gasteiger partial charge in [0, 0.05) is 6.42 Å². The van der Waals surface area contributed by atoms with E-state index in [1.54, 1.807) is 4.68 Å². The van der Waals surface area contributed by atoms with Crippen LogP contribution in [0.2, 0.25) is 0 Å². The second kappa shape index (κ2) is 6.91. The third-order valence-corrected chi connectivity index (χ3v) is 4.03. The van der Waals surface area contributed by atoms with Gasteiger partial charge in [-0.15, -0.1) is 5.10 Å². The van der Waals surface area contributed by atoms with Crippen molar-refractivity contribution < 1.29 is 4.52 Å². The monoisotopic (exact) mass is 330 g/mol. The number of rotatable bonds is 6. The van der Waals surface area contributed by atoms with Crippen LogP contribution < -0.4 is 0 Å². The maximum atomic E-state index is 5.24. The van der Waals surface area contributed by atoms with E-state index in [-0.39, 0.29) is 0 Å². The second-order valence-electron chi connectivity index (χ2n) is 5.70. The Bertz CT molecular complexity index is 782. The first kappa shape index (κ1) is 15.7. The number of aryl methyl sites for hydroxylation is 1. The number of benzene rings is 1. The zero-order valence-electron chi connectivity index (χ0n) is 13.3. The molecular formula is C15H18N6OS. The minimum absolute atomic E-state index is 0.490. The summed E-state index contributed by atoms with van der Waals surface area (Å²) in [7, 11) is 0. The molecule has 0 spiro atoms. The molecule has 0 aliphatic carbocycles. The van der Waals surface area contributed by atoms with Crippen molar-refractivity contribution >= 4 is 11.8 Å². The number of hydrogen-bond donors (Lipinski definition) is 0. The Morgan fingerprint density at radius 1 is 1.30 bits per heavy atom. The minimum atomic E-state index is 0.490. The van der Waals surface area contributed by atoms with Crippen LogP contribution in [0.15, 0.2) is 33.9 Å². The highest BCUT2D eigenvalue weighted by molar-refractivity contribution is 7.98. The topological polar surface area (TPSA) is 82.5 Å². The van der Waals surface area contributed by atoms with Crippen LogP contribution >= 0.6 is 11.8 Å². The molecule has 0 fully saturated rings. The molecule has 8 heteroatoms. The van der Waals surface area contributed by atoms with Crippen molar-refractivity contribution in [1.82, 2.24) is 30.3 Å². The van der Waals surface area contributed by atoms with E-state index in [9.17, 15) is 0 Å². The lowest BCUT2D eigenvalue weighted by Crippen LogP contribution is -1.99. The van der Waals surface area contributed by atoms with Gasteiger partial charge in [0.05, 0.1) is 11.4 Å². The first-order valence-corrected chi connectivity index (χ1v) is 8.40.